The first-order chi connectivity index (χ1) is 9.15. The Morgan fingerprint density at radius 1 is 1.32 bits per heavy atom. The monoisotopic (exact) mass is 289 g/mol. The smallest absolute Gasteiger partial charge is 0.256 e. The van der Waals surface area contributed by atoms with E-state index in [-0.39, 0.29) is 11.7 Å². The molecule has 19 heavy (non-hydrogen) atoms. The van der Waals surface area contributed by atoms with Crippen LogP contribution in [0.5, 0.6) is 0 Å². The molecule has 0 unspecified atom stereocenters. The zero-order chi connectivity index (χ0) is 13.4. The lowest BCUT2D eigenvalue weighted by Gasteiger charge is -1.98. The summed E-state index contributed by atoms with van der Waals surface area (Å²) in [6, 6.07) is 8.64. The molecule has 94 valence electrons. The number of nitrogens with one attached hydrogen (secondary N) is 1. The van der Waals surface area contributed by atoms with Crippen LogP contribution in [0.15, 0.2) is 41.8 Å². The highest BCUT2D eigenvalue weighted by Gasteiger charge is 2.25. The van der Waals surface area contributed by atoms with Gasteiger partial charge >= 0.3 is 0 Å². The van der Waals surface area contributed by atoms with Crippen LogP contribution in [0.25, 0.3) is 5.57 Å². The second-order valence-electron chi connectivity index (χ2n) is 4.04. The summed E-state index contributed by atoms with van der Waals surface area (Å²) < 4.78 is 0. The number of halogens is 1. The number of benzene rings is 1. The van der Waals surface area contributed by atoms with Crippen molar-refractivity contribution in [2.24, 2.45) is 0 Å². The number of fused-ring (bicyclic) bond motifs is 1. The zero-order valence-corrected chi connectivity index (χ0v) is 11.2. The third-order valence-electron chi connectivity index (χ3n) is 2.80. The van der Waals surface area contributed by atoms with Crippen molar-refractivity contribution in [1.29, 1.82) is 0 Å². The van der Waals surface area contributed by atoms with Gasteiger partial charge in [-0.25, -0.2) is 0 Å². The summed E-state index contributed by atoms with van der Waals surface area (Å²) in [6.07, 6.45) is 1.36. The summed E-state index contributed by atoms with van der Waals surface area (Å²) in [4.78, 5) is 24.5. The second kappa shape index (κ2) is 4.64. The Morgan fingerprint density at radius 2 is 2.16 bits per heavy atom. The lowest BCUT2D eigenvalue weighted by Crippen LogP contribution is -2.05. The van der Waals surface area contributed by atoms with Gasteiger partial charge < -0.3 is 5.32 Å². The van der Waals surface area contributed by atoms with Crippen molar-refractivity contribution in [1.82, 2.24) is 0 Å². The Balaban J connectivity index is 2.04. The molecule has 2 aromatic rings. The average Bonchev–Trinajstić information content (AvgIpc) is 2.99. The van der Waals surface area contributed by atoms with Gasteiger partial charge in [0.2, 0.25) is 0 Å². The Morgan fingerprint density at radius 3 is 2.89 bits per heavy atom. The molecule has 1 aliphatic rings. The Labute approximate surface area is 118 Å². The minimum Gasteiger partial charge on any atom is -0.321 e. The van der Waals surface area contributed by atoms with Gasteiger partial charge in [0.1, 0.15) is 0 Å². The average molecular weight is 290 g/mol. The van der Waals surface area contributed by atoms with E-state index in [4.69, 9.17) is 11.6 Å². The van der Waals surface area contributed by atoms with E-state index in [9.17, 15) is 9.59 Å². The van der Waals surface area contributed by atoms with Gasteiger partial charge in [-0.05, 0) is 29.6 Å². The van der Waals surface area contributed by atoms with Crippen LogP contribution in [-0.4, -0.2) is 11.7 Å². The maximum Gasteiger partial charge on any atom is 0.256 e. The predicted octanol–water partition coefficient (Wildman–Crippen LogP) is 3.62. The molecule has 1 aromatic heterocycles. The highest BCUT2D eigenvalue weighted by atomic mass is 35.5. The minimum atomic E-state index is -0.276. The number of allylic oxidation sites excluding steroid dienone is 1. The van der Waals surface area contributed by atoms with Gasteiger partial charge in [-0.1, -0.05) is 17.7 Å². The maximum absolute atomic E-state index is 12.0. The maximum atomic E-state index is 12.0. The first-order valence-corrected chi connectivity index (χ1v) is 6.82. The fourth-order valence-electron chi connectivity index (χ4n) is 1.92. The molecule has 5 heteroatoms. The second-order valence-corrected chi connectivity index (χ2v) is 5.43. The Bertz CT molecular complexity index is 704. The van der Waals surface area contributed by atoms with Crippen LogP contribution in [0, 0.1) is 0 Å². The standard InChI is InChI=1S/C14H8ClNO2S/c15-8-3-4-11-9(6-8)10(14(18)16-11)7-12(17)13-2-1-5-19-13/h1-7H,(H,16,18). The molecule has 0 bridgehead atoms. The molecule has 3 nitrogen and oxygen atoms in total. The van der Waals surface area contributed by atoms with E-state index in [0.29, 0.717) is 26.7 Å². The largest absolute Gasteiger partial charge is 0.321 e. The predicted molar refractivity (Wildman–Crippen MR) is 76.7 cm³/mol. The van der Waals surface area contributed by atoms with Crippen molar-refractivity contribution in [2.45, 2.75) is 0 Å². The Hall–Kier alpha value is -1.91. The number of anilines is 1. The summed E-state index contributed by atoms with van der Waals surface area (Å²) in [5.74, 6) is -0.449. The van der Waals surface area contributed by atoms with E-state index in [1.165, 1.54) is 17.4 Å². The Kier molecular flexibility index (Phi) is 2.97. The third kappa shape index (κ3) is 2.20. The summed E-state index contributed by atoms with van der Waals surface area (Å²) in [5.41, 5.74) is 1.71. The summed E-state index contributed by atoms with van der Waals surface area (Å²) in [7, 11) is 0. The molecule has 1 N–H and O–H groups in total. The van der Waals surface area contributed by atoms with E-state index in [2.05, 4.69) is 5.32 Å². The van der Waals surface area contributed by atoms with Gasteiger partial charge in [0.25, 0.3) is 5.91 Å². The molecule has 0 aliphatic carbocycles. The normalized spacial score (nSPS) is 15.4. The number of ketones is 1. The van der Waals surface area contributed by atoms with Crippen LogP contribution in [0.3, 0.4) is 0 Å². The van der Waals surface area contributed by atoms with Crippen LogP contribution in [0.2, 0.25) is 5.02 Å². The van der Waals surface area contributed by atoms with Crippen LogP contribution < -0.4 is 5.32 Å². The van der Waals surface area contributed by atoms with E-state index >= 15 is 0 Å². The molecule has 0 fully saturated rings. The molecule has 0 saturated carbocycles. The van der Waals surface area contributed by atoms with Crippen LogP contribution in [-0.2, 0) is 4.79 Å². The molecule has 1 aromatic carbocycles. The topological polar surface area (TPSA) is 46.2 Å². The molecule has 1 aliphatic heterocycles. The summed E-state index contributed by atoms with van der Waals surface area (Å²) in [5, 5.41) is 5.07. The molecule has 0 radical (unpaired) electrons. The van der Waals surface area contributed by atoms with Crippen molar-refractivity contribution in [3.8, 4) is 0 Å². The highest BCUT2D eigenvalue weighted by molar-refractivity contribution is 7.12. The van der Waals surface area contributed by atoms with Crippen molar-refractivity contribution in [3.05, 3.63) is 57.3 Å². The van der Waals surface area contributed by atoms with Gasteiger partial charge in [0.05, 0.1) is 10.5 Å². The van der Waals surface area contributed by atoms with Gasteiger partial charge in [0.15, 0.2) is 5.78 Å². The molecule has 0 saturated heterocycles. The SMILES string of the molecule is O=C1Nc2ccc(Cl)cc2C1=CC(=O)c1cccs1. The van der Waals surface area contributed by atoms with E-state index < -0.39 is 0 Å². The number of carbonyl (C=O) groups is 2. The molecule has 3 rings (SSSR count). The number of hydrogen-bond donors (Lipinski definition) is 1. The van der Waals surface area contributed by atoms with Crippen LogP contribution in [0.4, 0.5) is 5.69 Å². The summed E-state index contributed by atoms with van der Waals surface area (Å²) in [6.45, 7) is 0. The van der Waals surface area contributed by atoms with Gasteiger partial charge in [-0.2, -0.15) is 0 Å². The summed E-state index contributed by atoms with van der Waals surface area (Å²) >= 11 is 7.27. The van der Waals surface area contributed by atoms with Crippen molar-refractivity contribution in [2.75, 3.05) is 5.32 Å². The first-order valence-electron chi connectivity index (χ1n) is 5.56. The van der Waals surface area contributed by atoms with Crippen LogP contribution >= 0.6 is 22.9 Å². The fourth-order valence-corrected chi connectivity index (χ4v) is 2.73. The van der Waals surface area contributed by atoms with Crippen LogP contribution in [0.1, 0.15) is 15.2 Å². The number of rotatable bonds is 2. The van der Waals surface area contributed by atoms with E-state index in [1.54, 1.807) is 30.3 Å². The molecular formula is C14H8ClNO2S. The highest BCUT2D eigenvalue weighted by Crippen LogP contribution is 2.34. The first kappa shape index (κ1) is 12.1. The molecule has 2 heterocycles. The quantitative estimate of drug-likeness (QED) is 0.678. The van der Waals surface area contributed by atoms with Crippen molar-refractivity contribution >= 4 is 45.9 Å². The lowest BCUT2D eigenvalue weighted by molar-refractivity contribution is -0.110. The number of carbonyl (C=O) groups excluding carboxylic acids is 2. The third-order valence-corrected chi connectivity index (χ3v) is 3.92. The van der Waals surface area contributed by atoms with E-state index in [0.717, 1.165) is 0 Å². The number of amides is 1. The van der Waals surface area contributed by atoms with Gasteiger partial charge in [-0.3, -0.25) is 9.59 Å². The molecule has 0 atom stereocenters. The number of thiophene rings is 1. The lowest BCUT2D eigenvalue weighted by atomic mass is 10.1. The molecular weight excluding hydrogens is 282 g/mol. The minimum absolute atomic E-state index is 0.173. The zero-order valence-electron chi connectivity index (χ0n) is 9.64. The fraction of sp³-hybridized carbons (Fsp3) is 0. The number of hydrogen-bond acceptors (Lipinski definition) is 3. The van der Waals surface area contributed by atoms with Crippen molar-refractivity contribution in [3.63, 3.8) is 0 Å². The molecule has 0 spiro atoms. The van der Waals surface area contributed by atoms with E-state index in [1.807, 2.05) is 5.38 Å². The molecule has 1 amide bonds. The van der Waals surface area contributed by atoms with Crippen molar-refractivity contribution < 1.29 is 9.59 Å². The van der Waals surface area contributed by atoms with Gasteiger partial charge in [0, 0.05) is 22.3 Å². The van der Waals surface area contributed by atoms with Gasteiger partial charge in [-0.15, -0.1) is 11.3 Å².